The Morgan fingerprint density at radius 2 is 1.84 bits per heavy atom. The molecule has 134 valence electrons. The van der Waals surface area contributed by atoms with E-state index < -0.39 is 0 Å². The summed E-state index contributed by atoms with van der Waals surface area (Å²) in [4.78, 5) is 12.2. The molecule has 0 spiro atoms. The Hall–Kier alpha value is -2.14. The first-order valence-corrected chi connectivity index (χ1v) is 9.30. The molecule has 2 N–H and O–H groups in total. The van der Waals surface area contributed by atoms with Gasteiger partial charge >= 0.3 is 0 Å². The predicted molar refractivity (Wildman–Crippen MR) is 105 cm³/mol. The average Bonchev–Trinajstić information content (AvgIpc) is 3.14. The van der Waals surface area contributed by atoms with E-state index in [0.29, 0.717) is 17.2 Å². The maximum Gasteiger partial charge on any atom is 0.257 e. The standard InChI is InChI=1S/C20H26N2O2S/c1-2-3-4-5-6-8-16-10-12-17(13-11-16)19(23)22-20(25)21-15-18-9-7-14-24-18/h7,9-14H,2-6,8,15H2,1H3,(H2,21,22,23,25). The lowest BCUT2D eigenvalue weighted by Crippen LogP contribution is -2.38. The van der Waals surface area contributed by atoms with Crippen LogP contribution in [-0.4, -0.2) is 11.0 Å². The van der Waals surface area contributed by atoms with Crippen molar-refractivity contribution in [1.82, 2.24) is 10.6 Å². The highest BCUT2D eigenvalue weighted by Crippen LogP contribution is 2.10. The summed E-state index contributed by atoms with van der Waals surface area (Å²) in [5, 5.41) is 5.92. The van der Waals surface area contributed by atoms with Crippen LogP contribution in [0.2, 0.25) is 0 Å². The molecule has 4 nitrogen and oxygen atoms in total. The summed E-state index contributed by atoms with van der Waals surface area (Å²) < 4.78 is 5.21. The number of hydrogen-bond donors (Lipinski definition) is 2. The van der Waals surface area contributed by atoms with Crippen molar-refractivity contribution in [3.8, 4) is 0 Å². The summed E-state index contributed by atoms with van der Waals surface area (Å²) in [6.07, 6.45) is 9.02. The predicted octanol–water partition coefficient (Wildman–Crippen LogP) is 4.60. The zero-order valence-corrected chi connectivity index (χ0v) is 15.5. The molecule has 0 bridgehead atoms. The van der Waals surface area contributed by atoms with E-state index in [-0.39, 0.29) is 5.91 Å². The third-order valence-corrected chi connectivity index (χ3v) is 4.26. The summed E-state index contributed by atoms with van der Waals surface area (Å²) in [5.74, 6) is 0.561. The lowest BCUT2D eigenvalue weighted by atomic mass is 10.0. The number of carbonyl (C=O) groups excluding carboxylic acids is 1. The molecule has 0 aliphatic carbocycles. The van der Waals surface area contributed by atoms with E-state index in [9.17, 15) is 4.79 Å². The summed E-state index contributed by atoms with van der Waals surface area (Å²) in [5.41, 5.74) is 1.88. The Morgan fingerprint density at radius 1 is 1.08 bits per heavy atom. The van der Waals surface area contributed by atoms with Crippen molar-refractivity contribution < 1.29 is 9.21 Å². The van der Waals surface area contributed by atoms with Crippen LogP contribution in [0.15, 0.2) is 47.1 Å². The Morgan fingerprint density at radius 3 is 2.52 bits per heavy atom. The smallest absolute Gasteiger partial charge is 0.257 e. The molecule has 2 rings (SSSR count). The van der Waals surface area contributed by atoms with Crippen molar-refractivity contribution >= 4 is 23.2 Å². The van der Waals surface area contributed by atoms with Crippen molar-refractivity contribution in [3.63, 3.8) is 0 Å². The highest BCUT2D eigenvalue weighted by Gasteiger charge is 2.08. The van der Waals surface area contributed by atoms with Crippen LogP contribution in [-0.2, 0) is 13.0 Å². The van der Waals surface area contributed by atoms with E-state index >= 15 is 0 Å². The van der Waals surface area contributed by atoms with Gasteiger partial charge in [0.05, 0.1) is 12.8 Å². The van der Waals surface area contributed by atoms with Crippen LogP contribution in [0.3, 0.4) is 0 Å². The largest absolute Gasteiger partial charge is 0.467 e. The molecule has 1 aromatic heterocycles. The van der Waals surface area contributed by atoms with E-state index in [1.54, 1.807) is 6.26 Å². The number of aryl methyl sites for hydroxylation is 1. The average molecular weight is 359 g/mol. The van der Waals surface area contributed by atoms with Gasteiger partial charge in [-0.1, -0.05) is 44.7 Å². The summed E-state index contributed by atoms with van der Waals surface area (Å²) >= 11 is 5.14. The first-order valence-electron chi connectivity index (χ1n) is 8.89. The highest BCUT2D eigenvalue weighted by atomic mass is 32.1. The zero-order valence-electron chi connectivity index (χ0n) is 14.7. The molecule has 2 aromatic rings. The minimum atomic E-state index is -0.202. The van der Waals surface area contributed by atoms with Crippen molar-refractivity contribution in [3.05, 3.63) is 59.5 Å². The van der Waals surface area contributed by atoms with E-state index in [1.165, 1.54) is 37.7 Å². The third kappa shape index (κ3) is 7.10. The van der Waals surface area contributed by atoms with Crippen molar-refractivity contribution in [2.45, 2.75) is 52.0 Å². The van der Waals surface area contributed by atoms with E-state index in [1.807, 2.05) is 36.4 Å². The molecule has 0 saturated carbocycles. The number of rotatable bonds is 9. The van der Waals surface area contributed by atoms with Gasteiger partial charge < -0.3 is 9.73 Å². The Labute approximate surface area is 155 Å². The first kappa shape index (κ1) is 19.2. The molecule has 0 unspecified atom stereocenters. The van der Waals surface area contributed by atoms with Crippen molar-refractivity contribution in [2.75, 3.05) is 0 Å². The van der Waals surface area contributed by atoms with Crippen LogP contribution in [0.25, 0.3) is 0 Å². The topological polar surface area (TPSA) is 54.3 Å². The molecule has 0 aliphatic heterocycles. The number of thiocarbonyl (C=S) groups is 1. The Kier molecular flexibility index (Phi) is 8.19. The van der Waals surface area contributed by atoms with Gasteiger partial charge in [0, 0.05) is 5.56 Å². The maximum atomic E-state index is 12.2. The van der Waals surface area contributed by atoms with Crippen LogP contribution < -0.4 is 10.6 Å². The fraction of sp³-hybridized carbons (Fsp3) is 0.400. The molecular weight excluding hydrogens is 332 g/mol. The number of unbranched alkanes of at least 4 members (excludes halogenated alkanes) is 4. The van der Waals surface area contributed by atoms with E-state index in [2.05, 4.69) is 17.6 Å². The minimum absolute atomic E-state index is 0.202. The van der Waals surface area contributed by atoms with Gasteiger partial charge in [-0.15, -0.1) is 0 Å². The number of carbonyl (C=O) groups is 1. The quantitative estimate of drug-likeness (QED) is 0.508. The normalized spacial score (nSPS) is 10.4. The lowest BCUT2D eigenvalue weighted by molar-refractivity contribution is 0.0976. The lowest BCUT2D eigenvalue weighted by Gasteiger charge is -2.09. The van der Waals surface area contributed by atoms with Crippen molar-refractivity contribution in [1.29, 1.82) is 0 Å². The zero-order chi connectivity index (χ0) is 17.9. The molecule has 0 aliphatic rings. The maximum absolute atomic E-state index is 12.2. The van der Waals surface area contributed by atoms with Crippen LogP contribution >= 0.6 is 12.2 Å². The van der Waals surface area contributed by atoms with Crippen LogP contribution in [0, 0.1) is 0 Å². The number of amides is 1. The molecule has 1 aromatic carbocycles. The molecule has 0 saturated heterocycles. The number of furan rings is 1. The van der Waals surface area contributed by atoms with Gasteiger partial charge in [-0.3, -0.25) is 10.1 Å². The van der Waals surface area contributed by atoms with Gasteiger partial charge in [-0.25, -0.2) is 0 Å². The third-order valence-electron chi connectivity index (χ3n) is 4.02. The summed E-state index contributed by atoms with van der Waals surface area (Å²) in [6.45, 7) is 2.67. The molecule has 5 heteroatoms. The highest BCUT2D eigenvalue weighted by molar-refractivity contribution is 7.80. The minimum Gasteiger partial charge on any atom is -0.467 e. The van der Waals surface area contributed by atoms with Gasteiger partial charge in [0.2, 0.25) is 0 Å². The van der Waals surface area contributed by atoms with Crippen molar-refractivity contribution in [2.24, 2.45) is 0 Å². The van der Waals surface area contributed by atoms with Gasteiger partial charge in [-0.2, -0.15) is 0 Å². The fourth-order valence-corrected chi connectivity index (χ4v) is 2.72. The SMILES string of the molecule is CCCCCCCc1ccc(C(=O)NC(=S)NCc2ccco2)cc1. The summed E-state index contributed by atoms with van der Waals surface area (Å²) in [6, 6.07) is 11.4. The second-order valence-electron chi connectivity index (χ2n) is 6.08. The second kappa shape index (κ2) is 10.7. The first-order chi connectivity index (χ1) is 12.2. The van der Waals surface area contributed by atoms with Crippen LogP contribution in [0.5, 0.6) is 0 Å². The van der Waals surface area contributed by atoms with E-state index in [0.717, 1.165) is 12.2 Å². The van der Waals surface area contributed by atoms with Gasteiger partial charge in [0.15, 0.2) is 5.11 Å². The Bertz CT molecular complexity index is 651. The fourth-order valence-electron chi connectivity index (χ4n) is 2.56. The molecule has 1 heterocycles. The summed E-state index contributed by atoms with van der Waals surface area (Å²) in [7, 11) is 0. The second-order valence-corrected chi connectivity index (χ2v) is 6.49. The van der Waals surface area contributed by atoms with Crippen LogP contribution in [0.1, 0.15) is 60.7 Å². The number of hydrogen-bond acceptors (Lipinski definition) is 3. The van der Waals surface area contributed by atoms with Gasteiger partial charge in [0.25, 0.3) is 5.91 Å². The monoisotopic (exact) mass is 358 g/mol. The number of benzene rings is 1. The molecule has 0 fully saturated rings. The molecule has 0 radical (unpaired) electrons. The molecule has 0 atom stereocenters. The van der Waals surface area contributed by atoms with E-state index in [4.69, 9.17) is 16.6 Å². The van der Waals surface area contributed by atoms with Gasteiger partial charge in [-0.05, 0) is 54.9 Å². The molecule has 1 amide bonds. The molecule has 25 heavy (non-hydrogen) atoms. The number of nitrogens with one attached hydrogen (secondary N) is 2. The molecular formula is C20H26N2O2S. The Balaban J connectivity index is 1.72. The van der Waals surface area contributed by atoms with Crippen LogP contribution in [0.4, 0.5) is 0 Å². The van der Waals surface area contributed by atoms with Gasteiger partial charge in [0.1, 0.15) is 5.76 Å².